The van der Waals surface area contributed by atoms with Crippen LogP contribution in [0.15, 0.2) is 41.3 Å². The average Bonchev–Trinajstić information content (AvgIpc) is 3.12. The molecule has 1 aromatic carbocycles. The third kappa shape index (κ3) is 2.73. The number of hydrogen-bond acceptors (Lipinski definition) is 6. The Balaban J connectivity index is 1.71. The van der Waals surface area contributed by atoms with Crippen LogP contribution in [-0.4, -0.2) is 33.2 Å². The molecule has 0 N–H and O–H groups in total. The molecule has 3 heterocycles. The van der Waals surface area contributed by atoms with Gasteiger partial charge in [0, 0.05) is 19.3 Å². The van der Waals surface area contributed by atoms with E-state index in [9.17, 15) is 4.39 Å². The summed E-state index contributed by atoms with van der Waals surface area (Å²) in [5, 5.41) is 3.91. The van der Waals surface area contributed by atoms with Crippen molar-refractivity contribution in [1.82, 2.24) is 20.1 Å². The molecule has 1 fully saturated rings. The fourth-order valence-electron chi connectivity index (χ4n) is 2.92. The maximum Gasteiger partial charge on any atom is 0.263 e. The second-order valence-corrected chi connectivity index (χ2v) is 5.71. The van der Waals surface area contributed by atoms with Crippen molar-refractivity contribution in [3.05, 3.63) is 42.6 Å². The van der Waals surface area contributed by atoms with Gasteiger partial charge in [0.2, 0.25) is 5.82 Å². The third-order valence-electron chi connectivity index (χ3n) is 4.12. The van der Waals surface area contributed by atoms with Crippen LogP contribution in [0.3, 0.4) is 0 Å². The molecule has 2 aromatic heterocycles. The Morgan fingerprint density at radius 3 is 2.71 bits per heavy atom. The van der Waals surface area contributed by atoms with Crippen molar-refractivity contribution in [2.75, 3.05) is 18.0 Å². The summed E-state index contributed by atoms with van der Waals surface area (Å²) < 4.78 is 19.3. The van der Waals surface area contributed by atoms with E-state index in [1.165, 1.54) is 18.8 Å². The molecule has 0 aliphatic carbocycles. The third-order valence-corrected chi connectivity index (χ3v) is 4.12. The molecule has 1 aliphatic rings. The lowest BCUT2D eigenvalue weighted by molar-refractivity contribution is 0.431. The molecule has 0 radical (unpaired) electrons. The highest BCUT2D eigenvalue weighted by molar-refractivity contribution is 5.70. The number of hydrogen-bond donors (Lipinski definition) is 0. The van der Waals surface area contributed by atoms with Crippen LogP contribution in [0.5, 0.6) is 0 Å². The van der Waals surface area contributed by atoms with Crippen molar-refractivity contribution in [3.8, 4) is 22.8 Å². The standard InChI is InChI=1S/C17H16FN5O/c18-14-7-3-2-6-12(14)15-21-17(24-22-15)13-10-19-11-20-16(13)23-8-4-1-5-9-23/h2-3,6-7,10-11H,1,4-5,8-9H2. The Kier molecular flexibility index (Phi) is 3.90. The van der Waals surface area contributed by atoms with E-state index in [2.05, 4.69) is 25.0 Å². The van der Waals surface area contributed by atoms with Crippen molar-refractivity contribution in [3.63, 3.8) is 0 Å². The number of nitrogens with zero attached hydrogens (tertiary/aromatic N) is 5. The lowest BCUT2D eigenvalue weighted by atomic mass is 10.1. The molecule has 4 rings (SSSR count). The predicted molar refractivity (Wildman–Crippen MR) is 86.8 cm³/mol. The Morgan fingerprint density at radius 2 is 1.88 bits per heavy atom. The van der Waals surface area contributed by atoms with Gasteiger partial charge in [0.05, 0.1) is 5.56 Å². The molecule has 6 nitrogen and oxygen atoms in total. The summed E-state index contributed by atoms with van der Waals surface area (Å²) in [4.78, 5) is 15.0. The van der Waals surface area contributed by atoms with E-state index in [-0.39, 0.29) is 11.6 Å². The second kappa shape index (κ2) is 6.35. The molecule has 7 heteroatoms. The summed E-state index contributed by atoms with van der Waals surface area (Å²) in [6.07, 6.45) is 6.67. The quantitative estimate of drug-likeness (QED) is 0.736. The molecule has 1 saturated heterocycles. The Labute approximate surface area is 138 Å². The highest BCUT2D eigenvalue weighted by Gasteiger charge is 2.21. The van der Waals surface area contributed by atoms with Gasteiger partial charge in [0.25, 0.3) is 5.89 Å². The first-order chi connectivity index (χ1) is 11.8. The van der Waals surface area contributed by atoms with Gasteiger partial charge in [0.15, 0.2) is 0 Å². The molecule has 0 unspecified atom stereocenters. The zero-order valence-electron chi connectivity index (χ0n) is 13.0. The van der Waals surface area contributed by atoms with Crippen molar-refractivity contribution >= 4 is 5.82 Å². The first-order valence-corrected chi connectivity index (χ1v) is 7.97. The molecule has 0 saturated carbocycles. The van der Waals surface area contributed by atoms with E-state index in [1.54, 1.807) is 24.4 Å². The number of aromatic nitrogens is 4. The van der Waals surface area contributed by atoms with Gasteiger partial charge in [-0.1, -0.05) is 17.3 Å². The van der Waals surface area contributed by atoms with Crippen LogP contribution in [0.1, 0.15) is 19.3 Å². The molecule has 122 valence electrons. The minimum Gasteiger partial charge on any atom is -0.356 e. The van der Waals surface area contributed by atoms with Gasteiger partial charge in [-0.2, -0.15) is 4.98 Å². The zero-order valence-corrected chi connectivity index (χ0v) is 13.0. The maximum absolute atomic E-state index is 13.9. The van der Waals surface area contributed by atoms with Crippen LogP contribution >= 0.6 is 0 Å². The van der Waals surface area contributed by atoms with Gasteiger partial charge in [-0.3, -0.25) is 0 Å². The summed E-state index contributed by atoms with van der Waals surface area (Å²) in [7, 11) is 0. The number of anilines is 1. The van der Waals surface area contributed by atoms with Crippen LogP contribution in [0.2, 0.25) is 0 Å². The van der Waals surface area contributed by atoms with Gasteiger partial charge in [-0.15, -0.1) is 0 Å². The summed E-state index contributed by atoms with van der Waals surface area (Å²) in [5.74, 6) is 0.921. The minimum absolute atomic E-state index is 0.219. The highest BCUT2D eigenvalue weighted by Crippen LogP contribution is 2.30. The SMILES string of the molecule is Fc1ccccc1-c1noc(-c2cncnc2N2CCCCC2)n1. The summed E-state index contributed by atoms with van der Waals surface area (Å²) in [6.45, 7) is 1.89. The Hall–Kier alpha value is -2.83. The molecule has 0 spiro atoms. The summed E-state index contributed by atoms with van der Waals surface area (Å²) in [6, 6.07) is 6.35. The largest absolute Gasteiger partial charge is 0.356 e. The molecule has 24 heavy (non-hydrogen) atoms. The Bertz CT molecular complexity index is 844. The lowest BCUT2D eigenvalue weighted by Crippen LogP contribution is -2.30. The molecule has 0 bridgehead atoms. The van der Waals surface area contributed by atoms with E-state index in [0.717, 1.165) is 31.7 Å². The van der Waals surface area contributed by atoms with Gasteiger partial charge in [0.1, 0.15) is 23.5 Å². The monoisotopic (exact) mass is 325 g/mol. The lowest BCUT2D eigenvalue weighted by Gasteiger charge is -2.28. The smallest absolute Gasteiger partial charge is 0.263 e. The van der Waals surface area contributed by atoms with Crippen molar-refractivity contribution < 1.29 is 8.91 Å². The van der Waals surface area contributed by atoms with Gasteiger partial charge < -0.3 is 9.42 Å². The van der Waals surface area contributed by atoms with Crippen LogP contribution in [0.25, 0.3) is 22.8 Å². The minimum atomic E-state index is -0.384. The van der Waals surface area contributed by atoms with Gasteiger partial charge >= 0.3 is 0 Å². The van der Waals surface area contributed by atoms with Crippen molar-refractivity contribution in [1.29, 1.82) is 0 Å². The van der Waals surface area contributed by atoms with E-state index < -0.39 is 0 Å². The number of rotatable bonds is 3. The summed E-state index contributed by atoms with van der Waals surface area (Å²) in [5.41, 5.74) is 0.985. The van der Waals surface area contributed by atoms with Crippen LogP contribution < -0.4 is 4.90 Å². The average molecular weight is 325 g/mol. The molecule has 1 aliphatic heterocycles. The fourth-order valence-corrected chi connectivity index (χ4v) is 2.92. The van der Waals surface area contributed by atoms with E-state index in [0.29, 0.717) is 17.0 Å². The molecule has 0 atom stereocenters. The van der Waals surface area contributed by atoms with E-state index >= 15 is 0 Å². The topological polar surface area (TPSA) is 67.9 Å². The van der Waals surface area contributed by atoms with Crippen molar-refractivity contribution in [2.45, 2.75) is 19.3 Å². The zero-order chi connectivity index (χ0) is 16.4. The molecule has 3 aromatic rings. The first-order valence-electron chi connectivity index (χ1n) is 7.97. The highest BCUT2D eigenvalue weighted by atomic mass is 19.1. The fraction of sp³-hybridized carbons (Fsp3) is 0.294. The predicted octanol–water partition coefficient (Wildman–Crippen LogP) is 3.32. The summed E-state index contributed by atoms with van der Waals surface area (Å²) >= 11 is 0. The maximum atomic E-state index is 13.9. The van der Waals surface area contributed by atoms with Gasteiger partial charge in [-0.25, -0.2) is 14.4 Å². The number of halogens is 1. The normalized spacial score (nSPS) is 14.8. The number of piperidine rings is 1. The molecular weight excluding hydrogens is 309 g/mol. The molecular formula is C17H16FN5O. The molecule has 0 amide bonds. The van der Waals surface area contributed by atoms with Crippen LogP contribution in [-0.2, 0) is 0 Å². The van der Waals surface area contributed by atoms with Crippen molar-refractivity contribution in [2.24, 2.45) is 0 Å². The van der Waals surface area contributed by atoms with Crippen LogP contribution in [0, 0.1) is 5.82 Å². The van der Waals surface area contributed by atoms with E-state index in [4.69, 9.17) is 4.52 Å². The first kappa shape index (κ1) is 14.7. The second-order valence-electron chi connectivity index (χ2n) is 5.71. The van der Waals surface area contributed by atoms with Gasteiger partial charge in [-0.05, 0) is 31.4 Å². The Morgan fingerprint density at radius 1 is 1.04 bits per heavy atom. The number of benzene rings is 1. The van der Waals surface area contributed by atoms with E-state index in [1.807, 2.05) is 0 Å². The van der Waals surface area contributed by atoms with Crippen LogP contribution in [0.4, 0.5) is 10.2 Å².